The molecule has 2 atom stereocenters. The number of carbonyl (C=O) groups is 1. The maximum atomic E-state index is 10.8. The van der Waals surface area contributed by atoms with Crippen molar-refractivity contribution in [3.8, 4) is 0 Å². The number of carboxylic acid groups (broad SMARTS) is 1. The Bertz CT molecular complexity index is 466. The smallest absolute Gasteiger partial charge is 0.339 e. The summed E-state index contributed by atoms with van der Waals surface area (Å²) in [6.45, 7) is 2.66. The van der Waals surface area contributed by atoms with Gasteiger partial charge in [-0.1, -0.05) is 0 Å². The van der Waals surface area contributed by atoms with Crippen LogP contribution in [0.3, 0.4) is 0 Å². The molecule has 1 aromatic heterocycles. The molecule has 2 rings (SSSR count). The molecule has 0 aliphatic carbocycles. The quantitative estimate of drug-likeness (QED) is 0.726. The number of anilines is 1. The van der Waals surface area contributed by atoms with Gasteiger partial charge in [0.1, 0.15) is 0 Å². The largest absolute Gasteiger partial charge is 0.478 e. The molecule has 1 aromatic rings. The number of nitrogens with zero attached hydrogens (tertiary/aromatic N) is 2. The van der Waals surface area contributed by atoms with Gasteiger partial charge in [-0.15, -0.1) is 0 Å². The third-order valence-electron chi connectivity index (χ3n) is 3.04. The molecule has 19 heavy (non-hydrogen) atoms. The van der Waals surface area contributed by atoms with E-state index in [0.29, 0.717) is 37.6 Å². The number of aliphatic hydroxyl groups is 1. The molecule has 0 amide bonds. The number of aliphatic hydroxyl groups excluding tert-OH is 1. The summed E-state index contributed by atoms with van der Waals surface area (Å²) in [5.74, 6) is -0.672. The van der Waals surface area contributed by atoms with Crippen LogP contribution in [0.5, 0.6) is 0 Å². The lowest BCUT2D eigenvalue weighted by Gasteiger charge is -2.26. The van der Waals surface area contributed by atoms with E-state index < -0.39 is 5.97 Å². The number of aryl methyl sites for hydroxylation is 1. The number of hydrogen-bond acceptors (Lipinski definition) is 6. The van der Waals surface area contributed by atoms with E-state index >= 15 is 0 Å². The first kappa shape index (κ1) is 13.7. The van der Waals surface area contributed by atoms with Crippen LogP contribution in [0.15, 0.2) is 6.20 Å². The summed E-state index contributed by atoms with van der Waals surface area (Å²) in [6, 6.07) is 0. The van der Waals surface area contributed by atoms with Crippen molar-refractivity contribution in [1.29, 1.82) is 0 Å². The Morgan fingerprint density at radius 1 is 1.63 bits per heavy atom. The zero-order valence-corrected chi connectivity index (χ0v) is 10.7. The molecule has 0 bridgehead atoms. The first-order chi connectivity index (χ1) is 9.06. The summed E-state index contributed by atoms with van der Waals surface area (Å²) in [7, 11) is 0. The zero-order chi connectivity index (χ0) is 13.8. The molecule has 0 aromatic carbocycles. The molecule has 104 valence electrons. The van der Waals surface area contributed by atoms with E-state index in [1.165, 1.54) is 6.20 Å². The topological polar surface area (TPSA) is 105 Å². The Kier molecular flexibility index (Phi) is 4.28. The van der Waals surface area contributed by atoms with E-state index in [0.717, 1.165) is 0 Å². The number of aromatic nitrogens is 2. The van der Waals surface area contributed by atoms with Gasteiger partial charge in [0.05, 0.1) is 23.5 Å². The first-order valence-electron chi connectivity index (χ1n) is 6.16. The van der Waals surface area contributed by atoms with Gasteiger partial charge in [0.2, 0.25) is 5.95 Å². The van der Waals surface area contributed by atoms with Crippen molar-refractivity contribution in [3.05, 3.63) is 17.5 Å². The summed E-state index contributed by atoms with van der Waals surface area (Å²) in [4.78, 5) is 18.8. The molecule has 0 unspecified atom stereocenters. The van der Waals surface area contributed by atoms with Gasteiger partial charge < -0.3 is 20.3 Å². The number of nitrogens with one attached hydrogen (secondary N) is 1. The minimum absolute atomic E-state index is 0.0770. The lowest BCUT2D eigenvalue weighted by Crippen LogP contribution is -2.34. The predicted molar refractivity (Wildman–Crippen MR) is 67.2 cm³/mol. The number of ether oxygens (including phenoxy) is 1. The lowest BCUT2D eigenvalue weighted by atomic mass is 10.1. The fourth-order valence-electron chi connectivity index (χ4n) is 1.97. The van der Waals surface area contributed by atoms with Gasteiger partial charge in [0.15, 0.2) is 0 Å². The highest BCUT2D eigenvalue weighted by Gasteiger charge is 2.20. The molecular formula is C12H17N3O4. The van der Waals surface area contributed by atoms with Gasteiger partial charge >= 0.3 is 5.97 Å². The van der Waals surface area contributed by atoms with Gasteiger partial charge in [-0.2, -0.15) is 0 Å². The highest BCUT2D eigenvalue weighted by Crippen LogP contribution is 2.14. The Morgan fingerprint density at radius 2 is 2.42 bits per heavy atom. The maximum absolute atomic E-state index is 10.8. The van der Waals surface area contributed by atoms with E-state index in [2.05, 4.69) is 15.3 Å². The Balaban J connectivity index is 1.92. The van der Waals surface area contributed by atoms with E-state index in [-0.39, 0.29) is 17.8 Å². The fourth-order valence-corrected chi connectivity index (χ4v) is 1.97. The summed E-state index contributed by atoms with van der Waals surface area (Å²) in [6.07, 6.45) is 2.13. The van der Waals surface area contributed by atoms with Crippen LogP contribution in [0.25, 0.3) is 0 Å². The lowest BCUT2D eigenvalue weighted by molar-refractivity contribution is -0.0366. The average Bonchev–Trinajstić information content (AvgIpc) is 2.36. The monoisotopic (exact) mass is 267 g/mol. The van der Waals surface area contributed by atoms with Crippen molar-refractivity contribution in [3.63, 3.8) is 0 Å². The summed E-state index contributed by atoms with van der Waals surface area (Å²) >= 11 is 0. The molecular weight excluding hydrogens is 250 g/mol. The molecule has 7 heteroatoms. The maximum Gasteiger partial charge on any atom is 0.339 e. The van der Waals surface area contributed by atoms with Crippen LogP contribution >= 0.6 is 0 Å². The molecule has 1 aliphatic heterocycles. The van der Waals surface area contributed by atoms with Crippen LogP contribution < -0.4 is 5.32 Å². The predicted octanol–water partition coefficient (Wildman–Crippen LogP) is 0.435. The van der Waals surface area contributed by atoms with Gasteiger partial charge in [0, 0.05) is 25.8 Å². The van der Waals surface area contributed by atoms with Crippen LogP contribution in [0.4, 0.5) is 5.95 Å². The molecule has 3 N–H and O–H groups in total. The third-order valence-corrected chi connectivity index (χ3v) is 3.04. The molecule has 0 radical (unpaired) electrons. The molecule has 0 spiro atoms. The summed E-state index contributed by atoms with van der Waals surface area (Å²) < 4.78 is 5.49. The van der Waals surface area contributed by atoms with Crippen LogP contribution in [-0.2, 0) is 4.74 Å². The second-order valence-corrected chi connectivity index (χ2v) is 4.55. The van der Waals surface area contributed by atoms with E-state index in [1.54, 1.807) is 6.92 Å². The Morgan fingerprint density at radius 3 is 3.05 bits per heavy atom. The van der Waals surface area contributed by atoms with E-state index in [4.69, 9.17) is 9.84 Å². The van der Waals surface area contributed by atoms with Gasteiger partial charge in [-0.25, -0.2) is 14.8 Å². The van der Waals surface area contributed by atoms with Crippen LogP contribution in [0.2, 0.25) is 0 Å². The molecule has 1 aliphatic rings. The SMILES string of the molecule is Cc1nc(NC[C@@H]2C[C@H](O)CCO2)ncc1C(=O)O. The minimum Gasteiger partial charge on any atom is -0.478 e. The summed E-state index contributed by atoms with van der Waals surface area (Å²) in [5.41, 5.74) is 0.504. The second-order valence-electron chi connectivity index (χ2n) is 4.55. The van der Waals surface area contributed by atoms with Crippen LogP contribution in [0.1, 0.15) is 28.9 Å². The highest BCUT2D eigenvalue weighted by atomic mass is 16.5. The minimum atomic E-state index is -1.04. The number of aromatic carboxylic acids is 1. The Labute approximate surface area is 110 Å². The molecule has 0 saturated carbocycles. The van der Waals surface area contributed by atoms with Gasteiger partial charge in [-0.05, 0) is 13.3 Å². The summed E-state index contributed by atoms with van der Waals surface area (Å²) in [5, 5.41) is 21.4. The van der Waals surface area contributed by atoms with Crippen molar-refractivity contribution in [2.24, 2.45) is 0 Å². The first-order valence-corrected chi connectivity index (χ1v) is 6.16. The van der Waals surface area contributed by atoms with Gasteiger partial charge in [0.25, 0.3) is 0 Å². The molecule has 1 fully saturated rings. The van der Waals surface area contributed by atoms with Crippen molar-refractivity contribution < 1.29 is 19.7 Å². The standard InChI is InChI=1S/C12H17N3O4/c1-7-10(11(17)18)6-14-12(15-7)13-5-9-4-8(16)2-3-19-9/h6,8-9,16H,2-5H2,1H3,(H,17,18)(H,13,14,15)/t8-,9+/m1/s1. The Hall–Kier alpha value is -1.73. The van der Waals surface area contributed by atoms with Crippen molar-refractivity contribution >= 4 is 11.9 Å². The molecule has 7 nitrogen and oxygen atoms in total. The number of rotatable bonds is 4. The van der Waals surface area contributed by atoms with Crippen LogP contribution in [-0.4, -0.2) is 51.5 Å². The highest BCUT2D eigenvalue weighted by molar-refractivity contribution is 5.88. The normalized spacial score (nSPS) is 23.1. The number of carboxylic acids is 1. The average molecular weight is 267 g/mol. The van der Waals surface area contributed by atoms with Crippen molar-refractivity contribution in [2.45, 2.75) is 32.0 Å². The van der Waals surface area contributed by atoms with Crippen molar-refractivity contribution in [2.75, 3.05) is 18.5 Å². The van der Waals surface area contributed by atoms with Gasteiger partial charge in [-0.3, -0.25) is 0 Å². The van der Waals surface area contributed by atoms with E-state index in [1.807, 2.05) is 0 Å². The fraction of sp³-hybridized carbons (Fsp3) is 0.583. The third kappa shape index (κ3) is 3.62. The molecule has 2 heterocycles. The second kappa shape index (κ2) is 5.94. The zero-order valence-electron chi connectivity index (χ0n) is 10.7. The van der Waals surface area contributed by atoms with Crippen LogP contribution in [0, 0.1) is 6.92 Å². The van der Waals surface area contributed by atoms with Crippen molar-refractivity contribution in [1.82, 2.24) is 9.97 Å². The van der Waals surface area contributed by atoms with E-state index in [9.17, 15) is 9.90 Å². The number of hydrogen-bond donors (Lipinski definition) is 3. The molecule has 1 saturated heterocycles.